The first kappa shape index (κ1) is 30.1. The number of carbonyl (C=O) groups excluding carboxylic acids is 2. The fraction of sp³-hybridized carbons (Fsp3) is 0.310. The maximum absolute atomic E-state index is 14.6. The molecule has 0 saturated carbocycles. The molecule has 10 heteroatoms. The van der Waals surface area contributed by atoms with E-state index in [2.05, 4.69) is 5.32 Å². The van der Waals surface area contributed by atoms with Crippen LogP contribution in [0.2, 0.25) is 5.02 Å². The van der Waals surface area contributed by atoms with Gasteiger partial charge in [-0.15, -0.1) is 0 Å². The van der Waals surface area contributed by atoms with E-state index >= 15 is 0 Å². The summed E-state index contributed by atoms with van der Waals surface area (Å²) in [4.78, 5) is 27.9. The predicted octanol–water partition coefficient (Wildman–Crippen LogP) is 5.17. The van der Waals surface area contributed by atoms with Gasteiger partial charge in [0.25, 0.3) is 10.0 Å². The quantitative estimate of drug-likeness (QED) is 0.343. The van der Waals surface area contributed by atoms with Crippen LogP contribution in [0.5, 0.6) is 0 Å². The zero-order valence-electron chi connectivity index (χ0n) is 22.4. The average molecular weight is 574 g/mol. The van der Waals surface area contributed by atoms with E-state index in [9.17, 15) is 22.4 Å². The molecule has 2 amide bonds. The molecule has 3 aromatic rings. The lowest BCUT2D eigenvalue weighted by Gasteiger charge is -2.32. The summed E-state index contributed by atoms with van der Waals surface area (Å²) in [6.07, 6.45) is 0. The fourth-order valence-electron chi connectivity index (χ4n) is 3.82. The zero-order chi connectivity index (χ0) is 28.7. The van der Waals surface area contributed by atoms with Gasteiger partial charge in [-0.05, 0) is 62.2 Å². The van der Waals surface area contributed by atoms with Gasteiger partial charge in [-0.1, -0.05) is 61.3 Å². The number of anilines is 1. The zero-order valence-corrected chi connectivity index (χ0v) is 24.0. The summed E-state index contributed by atoms with van der Waals surface area (Å²) in [6.45, 7) is 6.85. The first-order chi connectivity index (χ1) is 18.4. The number of hydrogen-bond donors (Lipinski definition) is 1. The molecule has 208 valence electrons. The van der Waals surface area contributed by atoms with Crippen molar-refractivity contribution in [2.75, 3.05) is 17.4 Å². The lowest BCUT2D eigenvalue weighted by atomic mass is 10.1. The van der Waals surface area contributed by atoms with Crippen molar-refractivity contribution in [3.8, 4) is 0 Å². The number of nitrogens with zero attached hydrogens (tertiary/aromatic N) is 2. The monoisotopic (exact) mass is 573 g/mol. The van der Waals surface area contributed by atoms with Crippen LogP contribution < -0.4 is 9.62 Å². The Kier molecular flexibility index (Phi) is 10.1. The van der Waals surface area contributed by atoms with E-state index in [0.29, 0.717) is 11.6 Å². The summed E-state index contributed by atoms with van der Waals surface area (Å²) >= 11 is 5.96. The molecule has 0 spiro atoms. The Bertz CT molecular complexity index is 1400. The molecule has 0 aliphatic carbocycles. The van der Waals surface area contributed by atoms with Crippen LogP contribution in [0.3, 0.4) is 0 Å². The Labute approximate surface area is 234 Å². The van der Waals surface area contributed by atoms with E-state index in [1.165, 1.54) is 54.3 Å². The van der Waals surface area contributed by atoms with Gasteiger partial charge in [-0.2, -0.15) is 0 Å². The maximum Gasteiger partial charge on any atom is 0.264 e. The molecule has 0 aromatic heterocycles. The second kappa shape index (κ2) is 13.1. The van der Waals surface area contributed by atoms with Gasteiger partial charge in [0.1, 0.15) is 18.4 Å². The van der Waals surface area contributed by atoms with E-state index in [1.807, 2.05) is 20.8 Å². The number of benzene rings is 3. The summed E-state index contributed by atoms with van der Waals surface area (Å²) in [6, 6.07) is 17.3. The molecule has 3 rings (SSSR count). The van der Waals surface area contributed by atoms with Crippen molar-refractivity contribution < 1.29 is 22.4 Å². The van der Waals surface area contributed by atoms with Gasteiger partial charge in [0.05, 0.1) is 10.6 Å². The molecule has 0 radical (unpaired) electrons. The van der Waals surface area contributed by atoms with Gasteiger partial charge >= 0.3 is 0 Å². The number of amides is 2. The molecule has 0 unspecified atom stereocenters. The number of hydrogen-bond acceptors (Lipinski definition) is 4. The Morgan fingerprint density at radius 1 is 0.949 bits per heavy atom. The highest BCUT2D eigenvalue weighted by Gasteiger charge is 2.32. The highest BCUT2D eigenvalue weighted by molar-refractivity contribution is 7.92. The summed E-state index contributed by atoms with van der Waals surface area (Å²) < 4.78 is 43.1. The normalized spacial score (nSPS) is 12.2. The summed E-state index contributed by atoms with van der Waals surface area (Å²) in [5, 5.41) is 3.16. The minimum absolute atomic E-state index is 0.0522. The highest BCUT2D eigenvalue weighted by atomic mass is 35.5. The van der Waals surface area contributed by atoms with Crippen molar-refractivity contribution in [2.24, 2.45) is 5.92 Å². The van der Waals surface area contributed by atoms with E-state index in [0.717, 1.165) is 9.87 Å². The highest BCUT2D eigenvalue weighted by Crippen LogP contribution is 2.26. The molecule has 0 saturated heterocycles. The topological polar surface area (TPSA) is 86.8 Å². The van der Waals surface area contributed by atoms with Gasteiger partial charge < -0.3 is 10.2 Å². The number of aryl methyl sites for hydroxylation is 1. The minimum Gasteiger partial charge on any atom is -0.354 e. The van der Waals surface area contributed by atoms with Crippen LogP contribution in [0.1, 0.15) is 31.9 Å². The van der Waals surface area contributed by atoms with Crippen LogP contribution in [-0.2, 0) is 26.2 Å². The summed E-state index contributed by atoms with van der Waals surface area (Å²) in [5.74, 6) is -1.44. The van der Waals surface area contributed by atoms with Crippen LogP contribution in [0, 0.1) is 18.7 Å². The third-order valence-corrected chi connectivity index (χ3v) is 8.19. The average Bonchev–Trinajstić information content (AvgIpc) is 2.90. The molecule has 3 aromatic carbocycles. The predicted molar refractivity (Wildman–Crippen MR) is 151 cm³/mol. The Morgan fingerprint density at radius 3 is 2.15 bits per heavy atom. The maximum atomic E-state index is 14.6. The summed E-state index contributed by atoms with van der Waals surface area (Å²) in [5.41, 5.74) is 1.38. The second-order valence-electron chi connectivity index (χ2n) is 9.73. The van der Waals surface area contributed by atoms with Gasteiger partial charge in [0, 0.05) is 23.7 Å². The Hall–Kier alpha value is -3.43. The third kappa shape index (κ3) is 7.80. The Balaban J connectivity index is 2.01. The van der Waals surface area contributed by atoms with Crippen molar-refractivity contribution in [2.45, 2.75) is 45.2 Å². The number of halogens is 2. The molecular weight excluding hydrogens is 541 g/mol. The van der Waals surface area contributed by atoms with Crippen molar-refractivity contribution in [3.05, 3.63) is 94.8 Å². The number of nitrogens with one attached hydrogen (secondary N) is 1. The standard InChI is InChI=1S/C29H33ClFN3O4S/c1-20(2)17-32-29(36)22(4)33(18-23-7-5-6-8-27(23)31)28(35)19-34(25-13-9-21(3)10-14-25)39(37,38)26-15-11-24(30)12-16-26/h5-16,20,22H,17-19H2,1-4H3,(H,32,36)/t22-/m1/s1. The molecular formula is C29H33ClFN3O4S. The van der Waals surface area contributed by atoms with Gasteiger partial charge in [-0.3, -0.25) is 13.9 Å². The van der Waals surface area contributed by atoms with E-state index < -0.39 is 40.2 Å². The van der Waals surface area contributed by atoms with E-state index in [1.54, 1.807) is 30.3 Å². The lowest BCUT2D eigenvalue weighted by molar-refractivity contribution is -0.139. The minimum atomic E-state index is -4.21. The van der Waals surface area contributed by atoms with Gasteiger partial charge in [0.15, 0.2) is 0 Å². The molecule has 0 aliphatic rings. The summed E-state index contributed by atoms with van der Waals surface area (Å²) in [7, 11) is -4.21. The SMILES string of the molecule is Cc1ccc(N(CC(=O)N(Cc2ccccc2F)[C@H](C)C(=O)NCC(C)C)S(=O)(=O)c2ccc(Cl)cc2)cc1. The number of rotatable bonds is 11. The van der Waals surface area contributed by atoms with Crippen molar-refractivity contribution in [1.82, 2.24) is 10.2 Å². The molecule has 0 heterocycles. The number of carbonyl (C=O) groups is 2. The van der Waals surface area contributed by atoms with Crippen LogP contribution in [-0.4, -0.2) is 44.3 Å². The second-order valence-corrected chi connectivity index (χ2v) is 12.0. The van der Waals surface area contributed by atoms with Crippen LogP contribution in [0.25, 0.3) is 0 Å². The molecule has 0 bridgehead atoms. The van der Waals surface area contributed by atoms with Crippen molar-refractivity contribution in [1.29, 1.82) is 0 Å². The first-order valence-corrected chi connectivity index (χ1v) is 14.4. The molecule has 0 fully saturated rings. The van der Waals surface area contributed by atoms with Crippen molar-refractivity contribution >= 4 is 39.1 Å². The van der Waals surface area contributed by atoms with E-state index in [4.69, 9.17) is 11.6 Å². The first-order valence-electron chi connectivity index (χ1n) is 12.6. The molecule has 1 N–H and O–H groups in total. The van der Waals surface area contributed by atoms with E-state index in [-0.39, 0.29) is 28.6 Å². The Morgan fingerprint density at radius 2 is 1.56 bits per heavy atom. The molecule has 1 atom stereocenters. The van der Waals surface area contributed by atoms with Crippen LogP contribution in [0.15, 0.2) is 77.7 Å². The lowest BCUT2D eigenvalue weighted by Crippen LogP contribution is -2.51. The van der Waals surface area contributed by atoms with Gasteiger partial charge in [0.2, 0.25) is 11.8 Å². The smallest absolute Gasteiger partial charge is 0.264 e. The fourth-order valence-corrected chi connectivity index (χ4v) is 5.36. The third-order valence-electron chi connectivity index (χ3n) is 6.15. The van der Waals surface area contributed by atoms with Crippen LogP contribution in [0.4, 0.5) is 10.1 Å². The number of sulfonamides is 1. The molecule has 7 nitrogen and oxygen atoms in total. The van der Waals surface area contributed by atoms with Gasteiger partial charge in [-0.25, -0.2) is 12.8 Å². The van der Waals surface area contributed by atoms with Crippen molar-refractivity contribution in [3.63, 3.8) is 0 Å². The molecule has 39 heavy (non-hydrogen) atoms. The largest absolute Gasteiger partial charge is 0.354 e. The molecule has 0 aliphatic heterocycles. The van der Waals surface area contributed by atoms with Crippen LogP contribution >= 0.6 is 11.6 Å².